The van der Waals surface area contributed by atoms with Crippen LogP contribution in [0.15, 0.2) is 18.2 Å². The minimum atomic E-state index is -1.05. The summed E-state index contributed by atoms with van der Waals surface area (Å²) in [6.07, 6.45) is 0.956. The van der Waals surface area contributed by atoms with E-state index in [-0.39, 0.29) is 17.6 Å². The van der Waals surface area contributed by atoms with Gasteiger partial charge in [0.1, 0.15) is 0 Å². The van der Waals surface area contributed by atoms with Crippen LogP contribution in [0.3, 0.4) is 0 Å². The molecule has 0 aromatic heterocycles. The van der Waals surface area contributed by atoms with Gasteiger partial charge in [-0.3, -0.25) is 0 Å². The van der Waals surface area contributed by atoms with Crippen molar-refractivity contribution in [2.75, 3.05) is 16.8 Å². The number of hydrogen-bond donors (Lipinski definition) is 3. The number of carbonyl (C=O) groups excluding carboxylic acids is 1. The van der Waals surface area contributed by atoms with Gasteiger partial charge in [0.2, 0.25) is 0 Å². The molecule has 3 N–H and O–H groups in total. The summed E-state index contributed by atoms with van der Waals surface area (Å²) in [6.45, 7) is 1.81. The first-order valence-corrected chi connectivity index (χ1v) is 7.21. The molecule has 1 aromatic rings. The van der Waals surface area contributed by atoms with Crippen LogP contribution in [0.25, 0.3) is 0 Å². The smallest absolute Gasteiger partial charge is 0.337 e. The molecule has 0 saturated carbocycles. The summed E-state index contributed by atoms with van der Waals surface area (Å²) in [7, 11) is 0. The molecule has 1 saturated heterocycles. The second kappa shape index (κ2) is 5.97. The Kier molecular flexibility index (Phi) is 4.31. The van der Waals surface area contributed by atoms with E-state index in [0.717, 1.165) is 23.5 Å². The Morgan fingerprint density at radius 2 is 2.21 bits per heavy atom. The molecule has 1 aliphatic heterocycles. The molecule has 6 heteroatoms. The lowest BCUT2D eigenvalue weighted by atomic mass is 10.1. The molecule has 5 nitrogen and oxygen atoms in total. The molecule has 19 heavy (non-hydrogen) atoms. The van der Waals surface area contributed by atoms with Gasteiger partial charge < -0.3 is 15.7 Å². The maximum Gasteiger partial charge on any atom is 0.337 e. The average Bonchev–Trinajstić information content (AvgIpc) is 2.83. The Bertz CT molecular complexity index is 499. The SMILES string of the molecule is Cc1ccc(NC(=O)NC2CCSC2)c(C(=O)O)c1. The molecule has 1 unspecified atom stereocenters. The van der Waals surface area contributed by atoms with E-state index < -0.39 is 5.97 Å². The van der Waals surface area contributed by atoms with E-state index in [4.69, 9.17) is 5.11 Å². The van der Waals surface area contributed by atoms with Crippen molar-refractivity contribution in [2.24, 2.45) is 0 Å². The van der Waals surface area contributed by atoms with E-state index in [9.17, 15) is 9.59 Å². The Hall–Kier alpha value is -1.69. The number of aromatic carboxylic acids is 1. The summed E-state index contributed by atoms with van der Waals surface area (Å²) >= 11 is 1.80. The summed E-state index contributed by atoms with van der Waals surface area (Å²) in [4.78, 5) is 22.9. The molecule has 1 aromatic carbocycles. The van der Waals surface area contributed by atoms with Gasteiger partial charge in [-0.05, 0) is 31.2 Å². The lowest BCUT2D eigenvalue weighted by Gasteiger charge is -2.14. The van der Waals surface area contributed by atoms with Gasteiger partial charge in [-0.25, -0.2) is 9.59 Å². The highest BCUT2D eigenvalue weighted by atomic mass is 32.2. The predicted molar refractivity (Wildman–Crippen MR) is 76.0 cm³/mol. The molecular weight excluding hydrogens is 264 g/mol. The average molecular weight is 280 g/mol. The van der Waals surface area contributed by atoms with Gasteiger partial charge in [-0.2, -0.15) is 11.8 Å². The number of carbonyl (C=O) groups is 2. The Morgan fingerprint density at radius 1 is 1.42 bits per heavy atom. The minimum Gasteiger partial charge on any atom is -0.478 e. The number of hydrogen-bond acceptors (Lipinski definition) is 3. The number of rotatable bonds is 3. The second-order valence-corrected chi connectivity index (χ2v) is 5.66. The van der Waals surface area contributed by atoms with Crippen molar-refractivity contribution in [1.29, 1.82) is 0 Å². The third-order valence-corrected chi connectivity index (χ3v) is 4.08. The molecule has 2 amide bonds. The molecule has 1 heterocycles. The topological polar surface area (TPSA) is 78.4 Å². The fraction of sp³-hybridized carbons (Fsp3) is 0.385. The first kappa shape index (κ1) is 13.7. The number of benzene rings is 1. The summed E-state index contributed by atoms with van der Waals surface area (Å²) in [5.74, 6) is 0.915. The van der Waals surface area contributed by atoms with Crippen LogP contribution in [0.1, 0.15) is 22.3 Å². The predicted octanol–water partition coefficient (Wildman–Crippen LogP) is 2.32. The summed E-state index contributed by atoms with van der Waals surface area (Å²) in [6, 6.07) is 4.75. The van der Waals surface area contributed by atoms with Gasteiger partial charge in [0, 0.05) is 11.8 Å². The van der Waals surface area contributed by atoms with Crippen molar-refractivity contribution in [3.63, 3.8) is 0 Å². The number of nitrogens with one attached hydrogen (secondary N) is 2. The monoisotopic (exact) mass is 280 g/mol. The molecule has 0 radical (unpaired) electrons. The van der Waals surface area contributed by atoms with E-state index >= 15 is 0 Å². The van der Waals surface area contributed by atoms with Crippen LogP contribution in [0.2, 0.25) is 0 Å². The Labute approximate surface area is 115 Å². The van der Waals surface area contributed by atoms with Crippen molar-refractivity contribution < 1.29 is 14.7 Å². The number of thioether (sulfide) groups is 1. The summed E-state index contributed by atoms with van der Waals surface area (Å²) in [5.41, 5.74) is 1.27. The fourth-order valence-corrected chi connectivity index (χ4v) is 3.09. The molecule has 2 rings (SSSR count). The van der Waals surface area contributed by atoms with Gasteiger partial charge in [0.05, 0.1) is 11.3 Å². The zero-order chi connectivity index (χ0) is 13.8. The molecule has 1 fully saturated rings. The van der Waals surface area contributed by atoms with E-state index in [0.29, 0.717) is 5.69 Å². The van der Waals surface area contributed by atoms with Crippen molar-refractivity contribution in [2.45, 2.75) is 19.4 Å². The molecule has 0 bridgehead atoms. The van der Waals surface area contributed by atoms with Crippen LogP contribution in [-0.2, 0) is 0 Å². The fourth-order valence-electron chi connectivity index (χ4n) is 1.94. The quantitative estimate of drug-likeness (QED) is 0.794. The van der Waals surface area contributed by atoms with E-state index in [2.05, 4.69) is 10.6 Å². The standard InChI is InChI=1S/C13H16N2O3S/c1-8-2-3-11(10(6-8)12(16)17)15-13(18)14-9-4-5-19-7-9/h2-3,6,9H,4-5,7H2,1H3,(H,16,17)(H2,14,15,18). The van der Waals surface area contributed by atoms with Crippen LogP contribution in [0.4, 0.5) is 10.5 Å². The second-order valence-electron chi connectivity index (χ2n) is 4.51. The molecule has 1 atom stereocenters. The Balaban J connectivity index is 2.05. The lowest BCUT2D eigenvalue weighted by Crippen LogP contribution is -2.38. The van der Waals surface area contributed by atoms with E-state index in [1.165, 1.54) is 0 Å². The van der Waals surface area contributed by atoms with Crippen molar-refractivity contribution in [3.05, 3.63) is 29.3 Å². The molecule has 0 spiro atoms. The van der Waals surface area contributed by atoms with E-state index in [1.807, 2.05) is 6.92 Å². The zero-order valence-corrected chi connectivity index (χ0v) is 11.4. The number of amides is 2. The normalized spacial score (nSPS) is 18.1. The third kappa shape index (κ3) is 3.64. The van der Waals surface area contributed by atoms with Gasteiger partial charge in [0.15, 0.2) is 0 Å². The van der Waals surface area contributed by atoms with Gasteiger partial charge in [0.25, 0.3) is 0 Å². The maximum atomic E-state index is 11.8. The lowest BCUT2D eigenvalue weighted by molar-refractivity contribution is 0.0698. The summed E-state index contributed by atoms with van der Waals surface area (Å²) < 4.78 is 0. The van der Waals surface area contributed by atoms with Gasteiger partial charge in [-0.1, -0.05) is 11.6 Å². The van der Waals surface area contributed by atoms with Crippen LogP contribution in [0.5, 0.6) is 0 Å². The maximum absolute atomic E-state index is 11.8. The van der Waals surface area contributed by atoms with Gasteiger partial charge >= 0.3 is 12.0 Å². The van der Waals surface area contributed by atoms with Gasteiger partial charge in [-0.15, -0.1) is 0 Å². The highest BCUT2D eigenvalue weighted by Crippen LogP contribution is 2.19. The first-order chi connectivity index (χ1) is 9.06. The van der Waals surface area contributed by atoms with Crippen LogP contribution >= 0.6 is 11.8 Å². The highest BCUT2D eigenvalue weighted by molar-refractivity contribution is 7.99. The summed E-state index contributed by atoms with van der Waals surface area (Å²) in [5, 5.41) is 14.6. The number of aryl methyl sites for hydroxylation is 1. The number of carboxylic acid groups (broad SMARTS) is 1. The van der Waals surface area contributed by atoms with Crippen molar-refractivity contribution in [3.8, 4) is 0 Å². The van der Waals surface area contributed by atoms with Crippen molar-refractivity contribution >= 4 is 29.4 Å². The molecule has 102 valence electrons. The van der Waals surface area contributed by atoms with Crippen LogP contribution < -0.4 is 10.6 Å². The highest BCUT2D eigenvalue weighted by Gasteiger charge is 2.18. The third-order valence-electron chi connectivity index (χ3n) is 2.92. The van der Waals surface area contributed by atoms with Crippen LogP contribution in [0, 0.1) is 6.92 Å². The number of anilines is 1. The minimum absolute atomic E-state index is 0.107. The van der Waals surface area contributed by atoms with Crippen LogP contribution in [-0.4, -0.2) is 34.7 Å². The molecule has 0 aliphatic carbocycles. The van der Waals surface area contributed by atoms with E-state index in [1.54, 1.807) is 30.0 Å². The molecule has 1 aliphatic rings. The molecular formula is C13H16N2O3S. The Morgan fingerprint density at radius 3 is 2.84 bits per heavy atom. The largest absolute Gasteiger partial charge is 0.478 e. The number of urea groups is 1. The number of carboxylic acids is 1. The zero-order valence-electron chi connectivity index (χ0n) is 10.6. The first-order valence-electron chi connectivity index (χ1n) is 6.05. The van der Waals surface area contributed by atoms with Crippen molar-refractivity contribution in [1.82, 2.24) is 5.32 Å².